The molecule has 0 aliphatic heterocycles. The molecule has 146 valence electrons. The first kappa shape index (κ1) is 18.7. The van der Waals surface area contributed by atoms with E-state index in [1.54, 1.807) is 30.3 Å². The second-order valence-corrected chi connectivity index (χ2v) is 7.10. The molecule has 0 spiro atoms. The third-order valence-electron chi connectivity index (χ3n) is 4.71. The van der Waals surface area contributed by atoms with Crippen LogP contribution in [0.3, 0.4) is 0 Å². The minimum absolute atomic E-state index is 0.251. The Labute approximate surface area is 169 Å². The molecule has 4 rings (SSSR count). The van der Waals surface area contributed by atoms with Crippen LogP contribution in [0, 0.1) is 6.92 Å². The maximum Gasteiger partial charge on any atom is 0.319 e. The van der Waals surface area contributed by atoms with Gasteiger partial charge in [0, 0.05) is 28.6 Å². The highest BCUT2D eigenvalue weighted by Gasteiger charge is 2.23. The van der Waals surface area contributed by atoms with Gasteiger partial charge in [-0.3, -0.25) is 4.79 Å². The molecule has 6 nitrogen and oxygen atoms in total. The van der Waals surface area contributed by atoms with Crippen molar-refractivity contribution in [2.45, 2.75) is 25.8 Å². The second kappa shape index (κ2) is 8.14. The number of hydrogen-bond acceptors (Lipinski definition) is 3. The quantitative estimate of drug-likeness (QED) is 0.600. The number of urea groups is 1. The van der Waals surface area contributed by atoms with Gasteiger partial charge in [0.1, 0.15) is 5.82 Å². The summed E-state index contributed by atoms with van der Waals surface area (Å²) in [6.45, 7) is 1.92. The van der Waals surface area contributed by atoms with Crippen molar-refractivity contribution in [1.82, 2.24) is 10.3 Å². The highest BCUT2D eigenvalue weighted by Crippen LogP contribution is 2.24. The van der Waals surface area contributed by atoms with Gasteiger partial charge in [-0.2, -0.15) is 0 Å². The van der Waals surface area contributed by atoms with Gasteiger partial charge < -0.3 is 16.0 Å². The fourth-order valence-electron chi connectivity index (χ4n) is 3.06. The van der Waals surface area contributed by atoms with Gasteiger partial charge in [-0.05, 0) is 55.7 Å². The Morgan fingerprint density at radius 1 is 0.931 bits per heavy atom. The molecule has 3 aromatic rings. The van der Waals surface area contributed by atoms with Crippen LogP contribution in [0.4, 0.5) is 16.3 Å². The molecule has 3 N–H and O–H groups in total. The number of benzene rings is 2. The number of aromatic nitrogens is 1. The van der Waals surface area contributed by atoms with E-state index in [-0.39, 0.29) is 18.0 Å². The lowest BCUT2D eigenvalue weighted by molar-refractivity contribution is 0.102. The van der Waals surface area contributed by atoms with E-state index in [0.717, 1.165) is 29.7 Å². The van der Waals surface area contributed by atoms with Gasteiger partial charge in [0.25, 0.3) is 5.91 Å². The highest BCUT2D eigenvalue weighted by molar-refractivity contribution is 6.05. The van der Waals surface area contributed by atoms with Crippen LogP contribution >= 0.6 is 0 Å². The molecule has 0 radical (unpaired) electrons. The number of hydrogen-bond donors (Lipinski definition) is 3. The summed E-state index contributed by atoms with van der Waals surface area (Å²) in [5.41, 5.74) is 3.96. The fourth-order valence-corrected chi connectivity index (χ4v) is 3.06. The van der Waals surface area contributed by atoms with Crippen molar-refractivity contribution in [3.05, 3.63) is 78.0 Å². The van der Waals surface area contributed by atoms with Crippen molar-refractivity contribution in [2.24, 2.45) is 0 Å². The van der Waals surface area contributed by atoms with E-state index in [1.807, 2.05) is 43.3 Å². The minimum atomic E-state index is -0.282. The molecule has 3 amide bonds. The number of amides is 3. The topological polar surface area (TPSA) is 83.1 Å². The van der Waals surface area contributed by atoms with Crippen LogP contribution in [0.2, 0.25) is 0 Å². The number of aryl methyl sites for hydroxylation is 1. The monoisotopic (exact) mass is 386 g/mol. The van der Waals surface area contributed by atoms with Crippen molar-refractivity contribution in [1.29, 1.82) is 0 Å². The van der Waals surface area contributed by atoms with Crippen LogP contribution < -0.4 is 16.0 Å². The lowest BCUT2D eigenvalue weighted by atomic mass is 10.0. The Hall–Kier alpha value is -3.67. The normalized spacial score (nSPS) is 12.9. The summed E-state index contributed by atoms with van der Waals surface area (Å²) in [5, 5.41) is 8.44. The van der Waals surface area contributed by atoms with Crippen LogP contribution in [0.5, 0.6) is 0 Å². The Morgan fingerprint density at radius 2 is 1.72 bits per heavy atom. The molecular weight excluding hydrogens is 364 g/mol. The number of pyridine rings is 1. The van der Waals surface area contributed by atoms with Gasteiger partial charge in [-0.25, -0.2) is 9.78 Å². The van der Waals surface area contributed by atoms with Crippen LogP contribution in [0.15, 0.2) is 66.7 Å². The standard InChI is InChI=1S/C23H22N4O2/c1-15-20(16-6-3-2-4-7-16)12-13-21(24-15)27-22(28)17-8-5-9-19(14-17)26-23(29)25-18-10-11-18/h2-9,12-14,18H,10-11H2,1H3,(H,24,27,28)(H2,25,26,29). The summed E-state index contributed by atoms with van der Waals surface area (Å²) in [6, 6.07) is 20.6. The van der Waals surface area contributed by atoms with Crippen molar-refractivity contribution < 1.29 is 9.59 Å². The number of nitrogens with one attached hydrogen (secondary N) is 3. The lowest BCUT2D eigenvalue weighted by Crippen LogP contribution is -2.30. The first-order chi connectivity index (χ1) is 14.1. The predicted octanol–water partition coefficient (Wildman–Crippen LogP) is 4.59. The molecule has 0 bridgehead atoms. The average molecular weight is 386 g/mol. The molecule has 0 saturated heterocycles. The van der Waals surface area contributed by atoms with E-state index >= 15 is 0 Å². The summed E-state index contributed by atoms with van der Waals surface area (Å²) < 4.78 is 0. The number of carbonyl (C=O) groups excluding carboxylic acids is 2. The van der Waals surface area contributed by atoms with Crippen LogP contribution in [-0.2, 0) is 0 Å². The summed E-state index contributed by atoms with van der Waals surface area (Å²) in [4.78, 5) is 29.0. The summed E-state index contributed by atoms with van der Waals surface area (Å²) in [6.07, 6.45) is 2.04. The smallest absolute Gasteiger partial charge is 0.319 e. The molecule has 29 heavy (non-hydrogen) atoms. The molecular formula is C23H22N4O2. The SMILES string of the molecule is Cc1nc(NC(=O)c2cccc(NC(=O)NC3CC3)c2)ccc1-c1ccccc1. The molecule has 1 fully saturated rings. The average Bonchev–Trinajstić information content (AvgIpc) is 3.53. The third kappa shape index (κ3) is 4.79. The van der Waals surface area contributed by atoms with Gasteiger partial charge in [0.15, 0.2) is 0 Å². The van der Waals surface area contributed by atoms with Gasteiger partial charge in [0.2, 0.25) is 0 Å². The predicted molar refractivity (Wildman–Crippen MR) is 114 cm³/mol. The van der Waals surface area contributed by atoms with Crippen LogP contribution in [0.1, 0.15) is 28.9 Å². The first-order valence-electron chi connectivity index (χ1n) is 9.60. The zero-order valence-electron chi connectivity index (χ0n) is 16.1. The second-order valence-electron chi connectivity index (χ2n) is 7.10. The van der Waals surface area contributed by atoms with Crippen molar-refractivity contribution in [3.8, 4) is 11.1 Å². The van der Waals surface area contributed by atoms with Crippen molar-refractivity contribution >= 4 is 23.4 Å². The van der Waals surface area contributed by atoms with Gasteiger partial charge >= 0.3 is 6.03 Å². The molecule has 0 unspecified atom stereocenters. The molecule has 2 aromatic carbocycles. The molecule has 1 aliphatic rings. The molecule has 1 saturated carbocycles. The molecule has 6 heteroatoms. The maximum atomic E-state index is 12.6. The molecule has 0 atom stereocenters. The summed E-state index contributed by atoms with van der Waals surface area (Å²) in [5.74, 6) is 0.202. The van der Waals surface area contributed by atoms with E-state index in [0.29, 0.717) is 17.1 Å². The van der Waals surface area contributed by atoms with Gasteiger partial charge in [0.05, 0.1) is 0 Å². The van der Waals surface area contributed by atoms with E-state index in [2.05, 4.69) is 20.9 Å². The fraction of sp³-hybridized carbons (Fsp3) is 0.174. The molecule has 1 aliphatic carbocycles. The van der Waals surface area contributed by atoms with Gasteiger partial charge in [-0.1, -0.05) is 36.4 Å². The van der Waals surface area contributed by atoms with E-state index < -0.39 is 0 Å². The Balaban J connectivity index is 1.44. The van der Waals surface area contributed by atoms with E-state index in [9.17, 15) is 9.59 Å². The van der Waals surface area contributed by atoms with E-state index in [1.165, 1.54) is 0 Å². The lowest BCUT2D eigenvalue weighted by Gasteiger charge is -2.10. The largest absolute Gasteiger partial charge is 0.335 e. The Bertz CT molecular complexity index is 1050. The number of rotatable bonds is 5. The zero-order chi connectivity index (χ0) is 20.2. The summed E-state index contributed by atoms with van der Waals surface area (Å²) >= 11 is 0. The number of anilines is 2. The first-order valence-corrected chi connectivity index (χ1v) is 9.60. The van der Waals surface area contributed by atoms with Crippen molar-refractivity contribution in [3.63, 3.8) is 0 Å². The van der Waals surface area contributed by atoms with Crippen molar-refractivity contribution in [2.75, 3.05) is 10.6 Å². The minimum Gasteiger partial charge on any atom is -0.335 e. The van der Waals surface area contributed by atoms with Crippen LogP contribution in [-0.4, -0.2) is 23.0 Å². The summed E-state index contributed by atoms with van der Waals surface area (Å²) in [7, 11) is 0. The highest BCUT2D eigenvalue weighted by atomic mass is 16.2. The van der Waals surface area contributed by atoms with Crippen LogP contribution in [0.25, 0.3) is 11.1 Å². The number of nitrogens with zero attached hydrogens (tertiary/aromatic N) is 1. The zero-order valence-corrected chi connectivity index (χ0v) is 16.1. The molecule has 1 heterocycles. The Morgan fingerprint density at radius 3 is 2.45 bits per heavy atom. The number of carbonyl (C=O) groups is 2. The molecule has 1 aromatic heterocycles. The maximum absolute atomic E-state index is 12.6. The Kier molecular flexibility index (Phi) is 5.24. The van der Waals surface area contributed by atoms with Gasteiger partial charge in [-0.15, -0.1) is 0 Å². The third-order valence-corrected chi connectivity index (χ3v) is 4.71. The van der Waals surface area contributed by atoms with E-state index in [4.69, 9.17) is 0 Å².